The Bertz CT molecular complexity index is 802. The van der Waals surface area contributed by atoms with Crippen LogP contribution >= 0.6 is 0 Å². The molecule has 2 amide bonds. The number of nitrogens with zero attached hydrogens (tertiary/aromatic N) is 2. The van der Waals surface area contributed by atoms with E-state index in [1.54, 1.807) is 11.7 Å². The molecule has 1 aromatic heterocycles. The summed E-state index contributed by atoms with van der Waals surface area (Å²) in [7, 11) is -1.53. The second-order valence-electron chi connectivity index (χ2n) is 6.66. The summed E-state index contributed by atoms with van der Waals surface area (Å²) < 4.78 is 29.9. The molecule has 26 heavy (non-hydrogen) atoms. The van der Waals surface area contributed by atoms with Gasteiger partial charge in [-0.15, -0.1) is 0 Å². The number of hydrogen-bond acceptors (Lipinski definition) is 6. The topological polar surface area (TPSA) is 119 Å². The highest BCUT2D eigenvalue weighted by Gasteiger charge is 2.32. The Labute approximate surface area is 152 Å². The van der Waals surface area contributed by atoms with E-state index in [-0.39, 0.29) is 28.9 Å². The molecule has 0 aliphatic carbocycles. The van der Waals surface area contributed by atoms with Crippen molar-refractivity contribution in [3.05, 3.63) is 17.2 Å². The van der Waals surface area contributed by atoms with Gasteiger partial charge in [0, 0.05) is 26.2 Å². The molecule has 144 valence electrons. The second-order valence-corrected chi connectivity index (χ2v) is 8.89. The molecule has 2 aliphatic heterocycles. The van der Waals surface area contributed by atoms with Crippen LogP contribution < -0.4 is 10.6 Å². The zero-order chi connectivity index (χ0) is 18.7. The van der Waals surface area contributed by atoms with Crippen LogP contribution in [0.15, 0.2) is 0 Å². The summed E-state index contributed by atoms with van der Waals surface area (Å²) in [6.07, 6.45) is 2.94. The number of sulfone groups is 1. The van der Waals surface area contributed by atoms with Crippen molar-refractivity contribution >= 4 is 21.7 Å². The first-order valence-electron chi connectivity index (χ1n) is 8.79. The molecular weight excluding hydrogens is 360 g/mol. The van der Waals surface area contributed by atoms with Crippen molar-refractivity contribution in [3.8, 4) is 0 Å². The standard InChI is InChI=1S/C16H24N4O5S/c1-25-8-6-17-15(21)13-12-4-2-3-7-20(12)14(19-13)16(22)18-11-5-9-26(23,24)10-11/h11H,2-10H2,1H3,(H,17,21)(H,18,22). The lowest BCUT2D eigenvalue weighted by Crippen LogP contribution is -2.37. The first-order chi connectivity index (χ1) is 12.4. The van der Waals surface area contributed by atoms with E-state index >= 15 is 0 Å². The molecule has 9 nitrogen and oxygen atoms in total. The minimum Gasteiger partial charge on any atom is -0.383 e. The maximum atomic E-state index is 12.6. The first-order valence-corrected chi connectivity index (χ1v) is 10.6. The third kappa shape index (κ3) is 4.07. The van der Waals surface area contributed by atoms with Gasteiger partial charge < -0.3 is 19.9 Å². The molecule has 0 aromatic carbocycles. The largest absolute Gasteiger partial charge is 0.383 e. The van der Waals surface area contributed by atoms with Gasteiger partial charge in [0.1, 0.15) is 5.69 Å². The zero-order valence-electron chi connectivity index (χ0n) is 14.8. The third-order valence-electron chi connectivity index (χ3n) is 4.70. The predicted octanol–water partition coefficient (Wildman–Crippen LogP) is -0.487. The Kier molecular flexibility index (Phi) is 5.61. The van der Waals surface area contributed by atoms with E-state index in [4.69, 9.17) is 4.74 Å². The molecule has 2 aliphatic rings. The van der Waals surface area contributed by atoms with Crippen molar-refractivity contribution in [2.75, 3.05) is 31.8 Å². The van der Waals surface area contributed by atoms with Gasteiger partial charge in [-0.3, -0.25) is 9.59 Å². The van der Waals surface area contributed by atoms with Gasteiger partial charge in [0.15, 0.2) is 15.7 Å². The molecule has 1 saturated heterocycles. The van der Waals surface area contributed by atoms with Gasteiger partial charge in [-0.05, 0) is 25.7 Å². The van der Waals surface area contributed by atoms with E-state index in [0.717, 1.165) is 18.5 Å². The molecule has 3 heterocycles. The van der Waals surface area contributed by atoms with Crippen molar-refractivity contribution in [2.45, 2.75) is 38.3 Å². The molecule has 0 radical (unpaired) electrons. The SMILES string of the molecule is COCCNC(=O)c1nc(C(=O)NC2CCS(=O)(=O)C2)n2c1CCCC2. The van der Waals surface area contributed by atoms with Crippen LogP contribution in [0.5, 0.6) is 0 Å². The average Bonchev–Trinajstić information content (AvgIpc) is 3.15. The maximum absolute atomic E-state index is 12.6. The number of imidazole rings is 1. The molecule has 1 aromatic rings. The summed E-state index contributed by atoms with van der Waals surface area (Å²) in [5.74, 6) is -0.524. The lowest BCUT2D eigenvalue weighted by molar-refractivity contribution is 0.0925. The number of hydrogen-bond donors (Lipinski definition) is 2. The molecule has 10 heteroatoms. The molecule has 1 atom stereocenters. The Morgan fingerprint density at radius 3 is 2.81 bits per heavy atom. The Hall–Kier alpha value is -1.94. The molecule has 0 saturated carbocycles. The Morgan fingerprint density at radius 2 is 2.12 bits per heavy atom. The van der Waals surface area contributed by atoms with Crippen LogP contribution in [-0.4, -0.2) is 67.6 Å². The zero-order valence-corrected chi connectivity index (χ0v) is 15.6. The molecular formula is C16H24N4O5S. The number of amides is 2. The number of carbonyl (C=O) groups excluding carboxylic acids is 2. The molecule has 1 unspecified atom stereocenters. The summed E-state index contributed by atoms with van der Waals surface area (Å²) in [5, 5.41) is 5.49. The summed E-state index contributed by atoms with van der Waals surface area (Å²) in [6.45, 7) is 1.38. The van der Waals surface area contributed by atoms with E-state index in [1.807, 2.05) is 0 Å². The molecule has 0 spiro atoms. The normalized spacial score (nSPS) is 21.2. The van der Waals surface area contributed by atoms with Crippen LogP contribution in [0.2, 0.25) is 0 Å². The number of ether oxygens (including phenoxy) is 1. The van der Waals surface area contributed by atoms with E-state index in [0.29, 0.717) is 32.5 Å². The van der Waals surface area contributed by atoms with E-state index < -0.39 is 21.8 Å². The van der Waals surface area contributed by atoms with Gasteiger partial charge in [0.05, 0.1) is 23.8 Å². The van der Waals surface area contributed by atoms with Crippen molar-refractivity contribution in [3.63, 3.8) is 0 Å². The predicted molar refractivity (Wildman–Crippen MR) is 93.9 cm³/mol. The monoisotopic (exact) mass is 384 g/mol. The van der Waals surface area contributed by atoms with Gasteiger partial charge in [0.25, 0.3) is 11.8 Å². The lowest BCUT2D eigenvalue weighted by Gasteiger charge is -2.17. The number of aromatic nitrogens is 2. The fourth-order valence-electron chi connectivity index (χ4n) is 3.41. The number of fused-ring (bicyclic) bond motifs is 1. The number of nitrogens with one attached hydrogen (secondary N) is 2. The fraction of sp³-hybridized carbons (Fsp3) is 0.688. The summed E-state index contributed by atoms with van der Waals surface area (Å²) in [4.78, 5) is 29.3. The lowest BCUT2D eigenvalue weighted by atomic mass is 10.1. The van der Waals surface area contributed by atoms with E-state index in [9.17, 15) is 18.0 Å². The van der Waals surface area contributed by atoms with Crippen molar-refractivity contribution in [1.29, 1.82) is 0 Å². The van der Waals surface area contributed by atoms with Crippen LogP contribution in [0.1, 0.15) is 46.1 Å². The minimum atomic E-state index is -3.08. The highest BCUT2D eigenvalue weighted by atomic mass is 32.2. The molecule has 3 rings (SSSR count). The number of methoxy groups -OCH3 is 1. The Balaban J connectivity index is 1.78. The highest BCUT2D eigenvalue weighted by molar-refractivity contribution is 7.91. The Morgan fingerprint density at radius 1 is 1.31 bits per heavy atom. The van der Waals surface area contributed by atoms with Crippen LogP contribution in [0.4, 0.5) is 0 Å². The second kappa shape index (κ2) is 7.75. The molecule has 0 bridgehead atoms. The van der Waals surface area contributed by atoms with Gasteiger partial charge in [0.2, 0.25) is 0 Å². The summed E-state index contributed by atoms with van der Waals surface area (Å²) in [6, 6.07) is -0.400. The number of carbonyl (C=O) groups is 2. The van der Waals surface area contributed by atoms with Gasteiger partial charge in [-0.2, -0.15) is 0 Å². The van der Waals surface area contributed by atoms with E-state index in [2.05, 4.69) is 15.6 Å². The summed E-state index contributed by atoms with van der Waals surface area (Å²) >= 11 is 0. The molecule has 1 fully saturated rings. The van der Waals surface area contributed by atoms with Crippen molar-refractivity contribution < 1.29 is 22.7 Å². The number of rotatable bonds is 6. The third-order valence-corrected chi connectivity index (χ3v) is 6.46. The maximum Gasteiger partial charge on any atom is 0.287 e. The minimum absolute atomic E-state index is 0.0450. The van der Waals surface area contributed by atoms with Crippen LogP contribution in [0, 0.1) is 0 Å². The van der Waals surface area contributed by atoms with Gasteiger partial charge >= 0.3 is 0 Å². The van der Waals surface area contributed by atoms with Crippen molar-refractivity contribution in [1.82, 2.24) is 20.2 Å². The fourth-order valence-corrected chi connectivity index (χ4v) is 5.08. The first kappa shape index (κ1) is 18.8. The summed E-state index contributed by atoms with van der Waals surface area (Å²) in [5.41, 5.74) is 1.03. The van der Waals surface area contributed by atoms with Crippen LogP contribution in [-0.2, 0) is 27.5 Å². The van der Waals surface area contributed by atoms with E-state index in [1.165, 1.54) is 0 Å². The van der Waals surface area contributed by atoms with Crippen molar-refractivity contribution in [2.24, 2.45) is 0 Å². The quantitative estimate of drug-likeness (QED) is 0.639. The smallest absolute Gasteiger partial charge is 0.287 e. The van der Waals surface area contributed by atoms with Gasteiger partial charge in [-0.1, -0.05) is 0 Å². The van der Waals surface area contributed by atoms with Gasteiger partial charge in [-0.25, -0.2) is 13.4 Å². The highest BCUT2D eigenvalue weighted by Crippen LogP contribution is 2.21. The van der Waals surface area contributed by atoms with Crippen LogP contribution in [0.3, 0.4) is 0 Å². The van der Waals surface area contributed by atoms with Crippen LogP contribution in [0.25, 0.3) is 0 Å². The average molecular weight is 384 g/mol. The molecule has 2 N–H and O–H groups in total.